The van der Waals surface area contributed by atoms with Crippen molar-refractivity contribution in [2.75, 3.05) is 0 Å². The quantitative estimate of drug-likeness (QED) is 0.523. The molecule has 1 saturated carbocycles. The minimum Gasteiger partial charge on any atom is -0.353 e. The second-order valence-electron chi connectivity index (χ2n) is 5.77. The highest BCUT2D eigenvalue weighted by molar-refractivity contribution is 5.83. The van der Waals surface area contributed by atoms with E-state index in [-0.39, 0.29) is 23.6 Å². The smallest absolute Gasteiger partial charge is 0.269 e. The zero-order chi connectivity index (χ0) is 15.2. The predicted octanol–water partition coefficient (Wildman–Crippen LogP) is 3.54. The molecule has 1 fully saturated rings. The fourth-order valence-corrected chi connectivity index (χ4v) is 2.79. The summed E-state index contributed by atoms with van der Waals surface area (Å²) in [5.74, 6) is -0.273. The van der Waals surface area contributed by atoms with E-state index in [0.717, 1.165) is 18.4 Å². The molecule has 0 aromatic heterocycles. The van der Waals surface area contributed by atoms with E-state index in [4.69, 9.17) is 0 Å². The molecule has 0 aliphatic heterocycles. The Hall–Kier alpha value is -1.91. The maximum Gasteiger partial charge on any atom is 0.269 e. The van der Waals surface area contributed by atoms with Crippen molar-refractivity contribution in [3.63, 3.8) is 0 Å². The number of benzene rings is 1. The number of hydrogen-bond acceptors (Lipinski definition) is 3. The van der Waals surface area contributed by atoms with Gasteiger partial charge < -0.3 is 5.32 Å². The summed E-state index contributed by atoms with van der Waals surface area (Å²) in [6.45, 7) is 1.84. The van der Waals surface area contributed by atoms with Gasteiger partial charge in [0.1, 0.15) is 0 Å². The van der Waals surface area contributed by atoms with Crippen LogP contribution in [-0.2, 0) is 4.79 Å². The van der Waals surface area contributed by atoms with Crippen molar-refractivity contribution in [1.82, 2.24) is 5.32 Å². The normalized spacial score (nSPS) is 17.8. The first-order valence-corrected chi connectivity index (χ1v) is 7.62. The van der Waals surface area contributed by atoms with Crippen LogP contribution in [0.5, 0.6) is 0 Å². The van der Waals surface area contributed by atoms with Gasteiger partial charge in [-0.1, -0.05) is 37.8 Å². The van der Waals surface area contributed by atoms with Gasteiger partial charge in [-0.3, -0.25) is 14.9 Å². The highest BCUT2D eigenvalue weighted by Gasteiger charge is 2.20. The fourth-order valence-electron chi connectivity index (χ4n) is 2.79. The molecule has 1 N–H and O–H groups in total. The van der Waals surface area contributed by atoms with E-state index in [1.165, 1.54) is 37.8 Å². The molecule has 1 aliphatic carbocycles. The zero-order valence-corrected chi connectivity index (χ0v) is 12.4. The van der Waals surface area contributed by atoms with E-state index in [2.05, 4.69) is 5.32 Å². The number of nitrogens with one attached hydrogen (secondary N) is 1. The summed E-state index contributed by atoms with van der Waals surface area (Å²) in [5, 5.41) is 13.8. The van der Waals surface area contributed by atoms with Crippen molar-refractivity contribution in [1.29, 1.82) is 0 Å². The van der Waals surface area contributed by atoms with Gasteiger partial charge in [0.2, 0.25) is 5.91 Å². The molecule has 5 heteroatoms. The van der Waals surface area contributed by atoms with Gasteiger partial charge in [0.15, 0.2) is 0 Å². The average molecular weight is 290 g/mol. The zero-order valence-electron chi connectivity index (χ0n) is 12.4. The second-order valence-corrected chi connectivity index (χ2v) is 5.77. The molecule has 1 atom stereocenters. The van der Waals surface area contributed by atoms with Crippen LogP contribution in [0.15, 0.2) is 24.3 Å². The molecule has 1 aromatic rings. The minimum absolute atomic E-state index is 0.00996. The summed E-state index contributed by atoms with van der Waals surface area (Å²) in [5.41, 5.74) is 0.863. The summed E-state index contributed by atoms with van der Waals surface area (Å²) >= 11 is 0. The van der Waals surface area contributed by atoms with Crippen LogP contribution in [0.2, 0.25) is 0 Å². The Morgan fingerprint density at radius 1 is 1.19 bits per heavy atom. The minimum atomic E-state index is -0.431. The largest absolute Gasteiger partial charge is 0.353 e. The van der Waals surface area contributed by atoms with Crippen LogP contribution >= 0.6 is 0 Å². The molecule has 21 heavy (non-hydrogen) atoms. The number of rotatable bonds is 4. The van der Waals surface area contributed by atoms with Gasteiger partial charge in [0, 0.05) is 18.2 Å². The Morgan fingerprint density at radius 3 is 2.29 bits per heavy atom. The molecule has 0 saturated heterocycles. The summed E-state index contributed by atoms with van der Waals surface area (Å²) in [4.78, 5) is 22.5. The molecule has 1 amide bonds. The topological polar surface area (TPSA) is 72.2 Å². The SMILES string of the molecule is C[C@@H](C(=O)NC1CCCCCC1)c1ccc([N+](=O)[O-])cc1. The lowest BCUT2D eigenvalue weighted by Gasteiger charge is -2.19. The van der Waals surface area contributed by atoms with Gasteiger partial charge in [-0.05, 0) is 25.3 Å². The van der Waals surface area contributed by atoms with Crippen LogP contribution in [-0.4, -0.2) is 16.9 Å². The van der Waals surface area contributed by atoms with Crippen molar-refractivity contribution in [2.24, 2.45) is 0 Å². The second kappa shape index (κ2) is 7.20. The number of hydrogen-bond donors (Lipinski definition) is 1. The highest BCUT2D eigenvalue weighted by Crippen LogP contribution is 2.21. The van der Waals surface area contributed by atoms with Crippen molar-refractivity contribution in [2.45, 2.75) is 57.4 Å². The Bertz CT molecular complexity index is 491. The third-order valence-electron chi connectivity index (χ3n) is 4.20. The number of nitro groups is 1. The van der Waals surface area contributed by atoms with Crippen LogP contribution in [0.4, 0.5) is 5.69 Å². The number of nitro benzene ring substituents is 1. The van der Waals surface area contributed by atoms with Crippen LogP contribution in [0, 0.1) is 10.1 Å². The number of carbonyl (C=O) groups is 1. The molecule has 2 rings (SSSR count). The van der Waals surface area contributed by atoms with Crippen molar-refractivity contribution >= 4 is 11.6 Å². The van der Waals surface area contributed by atoms with Crippen LogP contribution in [0.25, 0.3) is 0 Å². The summed E-state index contributed by atoms with van der Waals surface area (Å²) in [6.07, 6.45) is 6.97. The van der Waals surface area contributed by atoms with Crippen molar-refractivity contribution < 1.29 is 9.72 Å². The molecular weight excluding hydrogens is 268 g/mol. The van der Waals surface area contributed by atoms with Crippen molar-refractivity contribution in [3.8, 4) is 0 Å². The Morgan fingerprint density at radius 2 is 1.76 bits per heavy atom. The highest BCUT2D eigenvalue weighted by atomic mass is 16.6. The maximum absolute atomic E-state index is 12.3. The number of amides is 1. The Labute approximate surface area is 124 Å². The molecule has 0 unspecified atom stereocenters. The molecule has 0 radical (unpaired) electrons. The Kier molecular flexibility index (Phi) is 5.31. The van der Waals surface area contributed by atoms with E-state index < -0.39 is 4.92 Å². The van der Waals surface area contributed by atoms with E-state index in [0.29, 0.717) is 0 Å². The monoisotopic (exact) mass is 290 g/mol. The Balaban J connectivity index is 1.96. The first-order valence-electron chi connectivity index (χ1n) is 7.62. The number of nitrogens with zero attached hydrogens (tertiary/aromatic N) is 1. The van der Waals surface area contributed by atoms with Crippen LogP contribution < -0.4 is 5.32 Å². The molecule has 1 aliphatic rings. The molecular formula is C16H22N2O3. The third kappa shape index (κ3) is 4.28. The van der Waals surface area contributed by atoms with Crippen molar-refractivity contribution in [3.05, 3.63) is 39.9 Å². The van der Waals surface area contributed by atoms with Gasteiger partial charge >= 0.3 is 0 Å². The molecule has 1 aromatic carbocycles. The lowest BCUT2D eigenvalue weighted by Crippen LogP contribution is -2.37. The molecule has 0 heterocycles. The molecule has 0 bridgehead atoms. The third-order valence-corrected chi connectivity index (χ3v) is 4.20. The predicted molar refractivity (Wildman–Crippen MR) is 81.1 cm³/mol. The molecule has 5 nitrogen and oxygen atoms in total. The van der Waals surface area contributed by atoms with E-state index in [9.17, 15) is 14.9 Å². The standard InChI is InChI=1S/C16H22N2O3/c1-12(13-8-10-15(11-9-13)18(20)21)16(19)17-14-6-4-2-3-5-7-14/h8-12,14H,2-7H2,1H3,(H,17,19)/t12-/m1/s1. The summed E-state index contributed by atoms with van der Waals surface area (Å²) in [7, 11) is 0. The van der Waals surface area contributed by atoms with Gasteiger partial charge in [0.25, 0.3) is 5.69 Å². The van der Waals surface area contributed by atoms with Gasteiger partial charge in [-0.25, -0.2) is 0 Å². The first kappa shape index (κ1) is 15.5. The van der Waals surface area contributed by atoms with Crippen LogP contribution in [0.3, 0.4) is 0 Å². The first-order chi connectivity index (χ1) is 10.1. The van der Waals surface area contributed by atoms with Gasteiger partial charge in [-0.15, -0.1) is 0 Å². The lowest BCUT2D eigenvalue weighted by molar-refractivity contribution is -0.384. The van der Waals surface area contributed by atoms with E-state index in [1.807, 2.05) is 6.92 Å². The summed E-state index contributed by atoms with van der Waals surface area (Å²) < 4.78 is 0. The van der Waals surface area contributed by atoms with E-state index >= 15 is 0 Å². The number of carbonyl (C=O) groups excluding carboxylic acids is 1. The average Bonchev–Trinajstić information content (AvgIpc) is 2.75. The lowest BCUT2D eigenvalue weighted by atomic mass is 9.99. The van der Waals surface area contributed by atoms with E-state index in [1.54, 1.807) is 12.1 Å². The molecule has 0 spiro atoms. The van der Waals surface area contributed by atoms with Gasteiger partial charge in [-0.2, -0.15) is 0 Å². The summed E-state index contributed by atoms with van der Waals surface area (Å²) in [6, 6.07) is 6.50. The van der Waals surface area contributed by atoms with Gasteiger partial charge in [0.05, 0.1) is 10.8 Å². The molecule has 114 valence electrons. The number of non-ortho nitro benzene ring substituents is 1. The maximum atomic E-state index is 12.3. The van der Waals surface area contributed by atoms with Crippen LogP contribution in [0.1, 0.15) is 56.9 Å². The fraction of sp³-hybridized carbons (Fsp3) is 0.562.